The lowest BCUT2D eigenvalue weighted by Crippen LogP contribution is -2.47. The van der Waals surface area contributed by atoms with E-state index in [0.29, 0.717) is 6.42 Å². The van der Waals surface area contributed by atoms with Crippen LogP contribution in [0.1, 0.15) is 45.8 Å². The van der Waals surface area contributed by atoms with Crippen molar-refractivity contribution in [1.82, 2.24) is 4.90 Å². The molecular weight excluding hydrogens is 356 g/mol. The summed E-state index contributed by atoms with van der Waals surface area (Å²) in [5.41, 5.74) is 6.84. The van der Waals surface area contributed by atoms with Gasteiger partial charge in [-0.2, -0.15) is 0 Å². The molecule has 0 unspecified atom stereocenters. The van der Waals surface area contributed by atoms with Gasteiger partial charge in [-0.15, -0.1) is 0 Å². The summed E-state index contributed by atoms with van der Waals surface area (Å²) in [7, 11) is -0.177. The molecule has 0 aliphatic carbocycles. The molecular formula is C21H36N2O3Si. The van der Waals surface area contributed by atoms with E-state index >= 15 is 0 Å². The van der Waals surface area contributed by atoms with Crippen molar-refractivity contribution >= 4 is 14.2 Å². The maximum absolute atomic E-state index is 12.6. The van der Waals surface area contributed by atoms with Gasteiger partial charge in [-0.1, -0.05) is 51.1 Å². The van der Waals surface area contributed by atoms with Crippen molar-refractivity contribution < 1.29 is 14.3 Å². The Kier molecular flexibility index (Phi) is 8.26. The number of carbonyl (C=O) groups is 1. The molecule has 1 amide bonds. The van der Waals surface area contributed by atoms with Crippen molar-refractivity contribution in [3.05, 3.63) is 48.2 Å². The molecule has 0 aliphatic rings. The number of aliphatic hydroxyl groups excluding tert-OH is 1. The fourth-order valence-electron chi connectivity index (χ4n) is 2.30. The molecule has 0 aromatic heterocycles. The Morgan fingerprint density at radius 1 is 1.30 bits per heavy atom. The Hall–Kier alpha value is -1.63. The Labute approximate surface area is 165 Å². The highest BCUT2D eigenvalue weighted by Gasteiger charge is 2.38. The molecule has 152 valence electrons. The third-order valence-electron chi connectivity index (χ3n) is 5.53. The Bertz CT molecular complexity index is 626. The van der Waals surface area contributed by atoms with Crippen LogP contribution in [0.3, 0.4) is 0 Å². The molecule has 0 saturated heterocycles. The highest BCUT2D eigenvalue weighted by molar-refractivity contribution is 6.74. The first-order chi connectivity index (χ1) is 12.4. The van der Waals surface area contributed by atoms with Gasteiger partial charge in [0.1, 0.15) is 0 Å². The van der Waals surface area contributed by atoms with Crippen LogP contribution in [-0.2, 0) is 9.22 Å². The molecule has 3 N–H and O–H groups in total. The molecule has 27 heavy (non-hydrogen) atoms. The second-order valence-electron chi connectivity index (χ2n) is 8.64. The summed E-state index contributed by atoms with van der Waals surface area (Å²) in [6, 6.07) is 8.28. The van der Waals surface area contributed by atoms with E-state index in [-0.39, 0.29) is 17.0 Å². The van der Waals surface area contributed by atoms with Crippen molar-refractivity contribution in [1.29, 1.82) is 0 Å². The van der Waals surface area contributed by atoms with E-state index in [4.69, 9.17) is 10.2 Å². The van der Waals surface area contributed by atoms with Gasteiger partial charge in [0.05, 0.1) is 24.4 Å². The van der Waals surface area contributed by atoms with Crippen LogP contribution in [0, 0.1) is 0 Å². The fraction of sp³-hybridized carbons (Fsp3) is 0.571. The number of rotatable bonds is 8. The molecule has 6 heteroatoms. The Morgan fingerprint density at radius 3 is 2.37 bits per heavy atom. The van der Waals surface area contributed by atoms with Gasteiger partial charge in [0, 0.05) is 7.05 Å². The SMILES string of the molecule is C[C@H]([C@H](O)c1ccccc1)N(C)C(=O)[C@@H](N)C/C=C/O[Si](C)(C)C(C)(C)C. The normalized spacial score (nSPS) is 16.0. The average molecular weight is 393 g/mol. The van der Waals surface area contributed by atoms with E-state index in [9.17, 15) is 9.90 Å². The molecule has 0 spiro atoms. The molecule has 0 radical (unpaired) electrons. The second kappa shape index (κ2) is 9.53. The van der Waals surface area contributed by atoms with Gasteiger partial charge in [-0.3, -0.25) is 4.79 Å². The van der Waals surface area contributed by atoms with Crippen LogP contribution in [0.15, 0.2) is 42.7 Å². The predicted molar refractivity (Wildman–Crippen MR) is 114 cm³/mol. The zero-order valence-electron chi connectivity index (χ0n) is 17.8. The molecule has 0 bridgehead atoms. The first-order valence-corrected chi connectivity index (χ1v) is 12.4. The number of hydrogen-bond acceptors (Lipinski definition) is 4. The topological polar surface area (TPSA) is 75.8 Å². The maximum Gasteiger partial charge on any atom is 0.249 e. The van der Waals surface area contributed by atoms with Gasteiger partial charge in [0.15, 0.2) is 0 Å². The molecule has 3 atom stereocenters. The molecule has 5 nitrogen and oxygen atoms in total. The van der Waals surface area contributed by atoms with Gasteiger partial charge >= 0.3 is 0 Å². The third kappa shape index (κ3) is 6.48. The van der Waals surface area contributed by atoms with Gasteiger partial charge in [-0.05, 0) is 43.1 Å². The zero-order chi connectivity index (χ0) is 20.8. The van der Waals surface area contributed by atoms with E-state index in [0.717, 1.165) is 5.56 Å². The Balaban J connectivity index is 2.61. The minimum Gasteiger partial charge on any atom is -0.549 e. The number of amides is 1. The maximum atomic E-state index is 12.6. The summed E-state index contributed by atoms with van der Waals surface area (Å²) in [6.45, 7) is 12.7. The van der Waals surface area contributed by atoms with Crippen LogP contribution in [0.25, 0.3) is 0 Å². The predicted octanol–water partition coefficient (Wildman–Crippen LogP) is 3.82. The van der Waals surface area contributed by atoms with Crippen molar-refractivity contribution in [2.24, 2.45) is 5.73 Å². The molecule has 0 saturated carbocycles. The van der Waals surface area contributed by atoms with E-state index in [2.05, 4.69) is 33.9 Å². The number of aliphatic hydroxyl groups is 1. The number of nitrogens with zero attached hydrogens (tertiary/aromatic N) is 1. The van der Waals surface area contributed by atoms with Crippen molar-refractivity contribution in [3.8, 4) is 0 Å². The minimum atomic E-state index is -1.85. The van der Waals surface area contributed by atoms with E-state index in [1.54, 1.807) is 13.3 Å². The highest BCUT2D eigenvalue weighted by Crippen LogP contribution is 2.36. The summed E-state index contributed by atoms with van der Waals surface area (Å²) in [6.07, 6.45) is 3.14. The lowest BCUT2D eigenvalue weighted by atomic mass is 10.0. The van der Waals surface area contributed by atoms with Crippen LogP contribution in [0.2, 0.25) is 18.1 Å². The summed E-state index contributed by atoms with van der Waals surface area (Å²) >= 11 is 0. The lowest BCUT2D eigenvalue weighted by Gasteiger charge is -2.35. The molecule has 0 fully saturated rings. The Morgan fingerprint density at radius 2 is 1.85 bits per heavy atom. The van der Waals surface area contributed by atoms with E-state index in [1.165, 1.54) is 4.90 Å². The summed E-state index contributed by atoms with van der Waals surface area (Å²) in [5, 5.41) is 10.6. The zero-order valence-corrected chi connectivity index (χ0v) is 18.8. The van der Waals surface area contributed by atoms with Crippen LogP contribution >= 0.6 is 0 Å². The number of benzene rings is 1. The monoisotopic (exact) mass is 392 g/mol. The van der Waals surface area contributed by atoms with Crippen LogP contribution in [0.5, 0.6) is 0 Å². The second-order valence-corrected chi connectivity index (χ2v) is 13.4. The van der Waals surface area contributed by atoms with Crippen molar-refractivity contribution in [2.75, 3.05) is 7.05 Å². The van der Waals surface area contributed by atoms with Crippen LogP contribution in [0.4, 0.5) is 0 Å². The van der Waals surface area contributed by atoms with Crippen molar-refractivity contribution in [3.63, 3.8) is 0 Å². The van der Waals surface area contributed by atoms with Gasteiger partial charge in [-0.25, -0.2) is 0 Å². The molecule has 1 aromatic carbocycles. The first kappa shape index (κ1) is 23.4. The number of hydrogen-bond donors (Lipinski definition) is 2. The smallest absolute Gasteiger partial charge is 0.249 e. The number of carbonyl (C=O) groups excluding carboxylic acids is 1. The van der Waals surface area contributed by atoms with Crippen LogP contribution < -0.4 is 5.73 Å². The van der Waals surface area contributed by atoms with Crippen LogP contribution in [-0.4, -0.2) is 43.4 Å². The molecule has 0 heterocycles. The fourth-order valence-corrected chi connectivity index (χ4v) is 3.09. The minimum absolute atomic E-state index is 0.124. The number of likely N-dealkylation sites (N-methyl/N-ethyl adjacent to an activating group) is 1. The first-order valence-electron chi connectivity index (χ1n) is 9.46. The summed E-state index contributed by atoms with van der Waals surface area (Å²) < 4.78 is 5.97. The van der Waals surface area contributed by atoms with E-state index < -0.39 is 20.5 Å². The van der Waals surface area contributed by atoms with Gasteiger partial charge < -0.3 is 20.2 Å². The number of nitrogens with two attached hydrogens (primary N) is 1. The van der Waals surface area contributed by atoms with Crippen molar-refractivity contribution in [2.45, 2.75) is 70.4 Å². The van der Waals surface area contributed by atoms with Gasteiger partial charge in [0.2, 0.25) is 14.2 Å². The average Bonchev–Trinajstić information content (AvgIpc) is 2.62. The third-order valence-corrected chi connectivity index (χ3v) is 9.87. The highest BCUT2D eigenvalue weighted by atomic mass is 28.4. The summed E-state index contributed by atoms with van der Waals surface area (Å²) in [5.74, 6) is -0.200. The molecule has 1 rings (SSSR count). The lowest BCUT2D eigenvalue weighted by molar-refractivity contribution is -0.135. The van der Waals surface area contributed by atoms with E-state index in [1.807, 2.05) is 43.3 Å². The standard InChI is InChI=1S/C21H36N2O3Si/c1-16(19(24)17-12-9-8-10-13-17)23(5)20(25)18(22)14-11-15-26-27(6,7)21(2,3)4/h8-13,15-16,18-19,24H,14,22H2,1-7H3/b15-11+/t16-,18+,19+/m1/s1. The quantitative estimate of drug-likeness (QED) is 0.521. The summed E-state index contributed by atoms with van der Waals surface area (Å²) in [4.78, 5) is 14.1. The van der Waals surface area contributed by atoms with Gasteiger partial charge in [0.25, 0.3) is 0 Å². The molecule has 1 aromatic rings. The largest absolute Gasteiger partial charge is 0.549 e. The molecule has 0 aliphatic heterocycles.